The highest BCUT2D eigenvalue weighted by molar-refractivity contribution is 8.05. The molecule has 0 aromatic heterocycles. The summed E-state index contributed by atoms with van der Waals surface area (Å²) in [6.07, 6.45) is 6.44. The fourth-order valence-corrected chi connectivity index (χ4v) is 6.61. The number of amides is 1. The van der Waals surface area contributed by atoms with Crippen LogP contribution in [0, 0.1) is 16.0 Å². The maximum Gasteiger partial charge on any atom is 0.269 e. The van der Waals surface area contributed by atoms with Crippen LogP contribution in [0.5, 0.6) is 11.5 Å². The number of nitro groups is 1. The lowest BCUT2D eigenvalue weighted by Crippen LogP contribution is -2.48. The largest absolute Gasteiger partial charge is 0.490 e. The number of nitrogens with one attached hydrogen (secondary N) is 1. The van der Waals surface area contributed by atoms with Crippen molar-refractivity contribution >= 4 is 35.1 Å². The van der Waals surface area contributed by atoms with Gasteiger partial charge < -0.3 is 19.7 Å². The minimum atomic E-state index is -0.423. The maximum atomic E-state index is 13.9. The van der Waals surface area contributed by atoms with Gasteiger partial charge in [0.15, 0.2) is 17.0 Å². The minimum absolute atomic E-state index is 0.0400. The Bertz CT molecular complexity index is 1400. The van der Waals surface area contributed by atoms with Gasteiger partial charge in [0, 0.05) is 23.9 Å². The number of anilines is 1. The smallest absolute Gasteiger partial charge is 0.269 e. The molecule has 2 aliphatic rings. The lowest BCUT2D eigenvalue weighted by atomic mass is 9.85. The first-order valence-electron chi connectivity index (χ1n) is 14.1. The van der Waals surface area contributed by atoms with Gasteiger partial charge in [0.25, 0.3) is 11.6 Å². The van der Waals surface area contributed by atoms with E-state index in [1.54, 1.807) is 23.9 Å². The number of nitro benzene ring substituents is 1. The van der Waals surface area contributed by atoms with Crippen molar-refractivity contribution in [1.29, 1.82) is 0 Å². The van der Waals surface area contributed by atoms with Crippen LogP contribution >= 0.6 is 11.8 Å². The number of benzene rings is 3. The Balaban J connectivity index is 1.36. The zero-order valence-corrected chi connectivity index (χ0v) is 24.1. The number of ether oxygens (including phenoxy) is 2. The topological polar surface area (TPSA) is 93.9 Å². The van der Waals surface area contributed by atoms with Gasteiger partial charge in [0.05, 0.1) is 16.4 Å². The molecule has 1 aliphatic carbocycles. The molecule has 3 aromatic carbocycles. The molecule has 5 rings (SSSR count). The van der Waals surface area contributed by atoms with Crippen molar-refractivity contribution < 1.29 is 19.2 Å². The summed E-state index contributed by atoms with van der Waals surface area (Å²) in [6, 6.07) is 22.2. The maximum absolute atomic E-state index is 13.9. The Kier molecular flexibility index (Phi) is 9.14. The van der Waals surface area contributed by atoms with Gasteiger partial charge in [-0.05, 0) is 79.3 Å². The van der Waals surface area contributed by atoms with E-state index in [0.29, 0.717) is 28.9 Å². The van der Waals surface area contributed by atoms with Gasteiger partial charge in [-0.25, -0.2) is 0 Å². The number of nitrogens with zero attached hydrogens (tertiary/aromatic N) is 2. The third-order valence-corrected chi connectivity index (χ3v) is 8.65. The Morgan fingerprint density at radius 1 is 1.02 bits per heavy atom. The Hall–Kier alpha value is -3.98. The first-order chi connectivity index (χ1) is 19.9. The number of carbonyl (C=O) groups is 1. The average Bonchev–Trinajstić information content (AvgIpc) is 3.27. The molecule has 1 unspecified atom stereocenters. The summed E-state index contributed by atoms with van der Waals surface area (Å²) >= 11 is 1.55. The number of rotatable bonds is 10. The predicted octanol–water partition coefficient (Wildman–Crippen LogP) is 7.46. The summed E-state index contributed by atoms with van der Waals surface area (Å²) in [7, 11) is 0. The van der Waals surface area contributed by atoms with E-state index >= 15 is 0 Å². The van der Waals surface area contributed by atoms with Gasteiger partial charge in [0.1, 0.15) is 6.61 Å². The molecule has 1 saturated carbocycles. The number of hydrogen-bond donors (Lipinski definition) is 1. The zero-order chi connectivity index (χ0) is 28.8. The van der Waals surface area contributed by atoms with Crippen molar-refractivity contribution in [2.24, 2.45) is 5.92 Å². The second kappa shape index (κ2) is 13.1. The monoisotopic (exact) mass is 573 g/mol. The van der Waals surface area contributed by atoms with Gasteiger partial charge in [-0.3, -0.25) is 14.9 Å². The molecule has 1 amide bonds. The lowest BCUT2D eigenvalue weighted by Gasteiger charge is -2.39. The van der Waals surface area contributed by atoms with E-state index in [2.05, 4.69) is 17.1 Å². The first-order valence-corrected chi connectivity index (χ1v) is 15.0. The third kappa shape index (κ3) is 6.85. The van der Waals surface area contributed by atoms with E-state index in [-0.39, 0.29) is 29.7 Å². The van der Waals surface area contributed by atoms with Gasteiger partial charge in [-0.2, -0.15) is 0 Å². The standard InChI is InChI=1S/C32H35N3O5S/c1-3-39-29-19-24(15-18-28(29)40-21-23-13-16-26(17-14-23)35(37)38)20-30-31(36)34(27-12-8-7-9-22(27)2)32(41-30)33-25-10-5-4-6-11-25/h4-6,10-11,13-20,22,27,32-33H,3,7-9,12,21H2,1-2H3/b30-20-/t22-,27+,32?/m0/s1. The van der Waals surface area contributed by atoms with E-state index < -0.39 is 4.92 Å². The average molecular weight is 574 g/mol. The summed E-state index contributed by atoms with van der Waals surface area (Å²) in [5, 5.41) is 14.5. The molecule has 3 atom stereocenters. The SMILES string of the molecule is CCOc1cc(/C=C2\SC(Nc3ccccc3)N([C@@H]3CCCC[C@@H]3C)C2=O)ccc1OCc1ccc([N+](=O)[O-])cc1. The zero-order valence-electron chi connectivity index (χ0n) is 23.3. The van der Waals surface area contributed by atoms with Crippen molar-refractivity contribution in [2.75, 3.05) is 11.9 Å². The number of thioether (sulfide) groups is 1. The van der Waals surface area contributed by atoms with E-state index in [9.17, 15) is 14.9 Å². The Morgan fingerprint density at radius 3 is 2.49 bits per heavy atom. The number of carbonyl (C=O) groups excluding carboxylic acids is 1. The molecule has 8 nitrogen and oxygen atoms in total. The second-order valence-corrected chi connectivity index (χ2v) is 11.5. The molecule has 0 bridgehead atoms. The van der Waals surface area contributed by atoms with E-state index in [1.807, 2.05) is 61.5 Å². The highest BCUT2D eigenvalue weighted by Gasteiger charge is 2.42. The van der Waals surface area contributed by atoms with Gasteiger partial charge in [0.2, 0.25) is 0 Å². The molecule has 9 heteroatoms. The summed E-state index contributed by atoms with van der Waals surface area (Å²) in [6.45, 7) is 4.86. The summed E-state index contributed by atoms with van der Waals surface area (Å²) < 4.78 is 11.9. The predicted molar refractivity (Wildman–Crippen MR) is 163 cm³/mol. The van der Waals surface area contributed by atoms with Crippen molar-refractivity contribution in [3.8, 4) is 11.5 Å². The van der Waals surface area contributed by atoms with E-state index in [4.69, 9.17) is 9.47 Å². The number of hydrogen-bond acceptors (Lipinski definition) is 7. The molecule has 0 radical (unpaired) electrons. The van der Waals surface area contributed by atoms with Crippen LogP contribution in [-0.2, 0) is 11.4 Å². The lowest BCUT2D eigenvalue weighted by molar-refractivity contribution is -0.384. The number of non-ortho nitro benzene ring substituents is 1. The molecular weight excluding hydrogens is 538 g/mol. The molecule has 1 heterocycles. The first kappa shape index (κ1) is 28.5. The van der Waals surface area contributed by atoms with Crippen LogP contribution in [0.4, 0.5) is 11.4 Å². The van der Waals surface area contributed by atoms with Crippen LogP contribution in [0.1, 0.15) is 50.7 Å². The molecule has 214 valence electrons. The van der Waals surface area contributed by atoms with E-state index in [0.717, 1.165) is 36.1 Å². The minimum Gasteiger partial charge on any atom is -0.490 e. The van der Waals surface area contributed by atoms with Crippen LogP contribution in [-0.4, -0.2) is 33.9 Å². The molecule has 0 spiro atoms. The third-order valence-electron chi connectivity index (χ3n) is 7.53. The molecule has 3 aromatic rings. The second-order valence-electron chi connectivity index (χ2n) is 10.4. The van der Waals surface area contributed by atoms with Crippen LogP contribution in [0.25, 0.3) is 6.08 Å². The molecular formula is C32H35N3O5S. The molecule has 41 heavy (non-hydrogen) atoms. The van der Waals surface area contributed by atoms with Gasteiger partial charge in [-0.1, -0.05) is 55.8 Å². The fourth-order valence-electron chi connectivity index (χ4n) is 5.40. The van der Waals surface area contributed by atoms with Crippen molar-refractivity contribution in [2.45, 2.75) is 57.7 Å². The van der Waals surface area contributed by atoms with Crippen molar-refractivity contribution in [1.82, 2.24) is 4.90 Å². The summed E-state index contributed by atoms with van der Waals surface area (Å²) in [5.41, 5.74) is 2.51. The van der Waals surface area contributed by atoms with Crippen LogP contribution in [0.15, 0.2) is 77.7 Å². The normalized spacial score (nSPS) is 21.6. The van der Waals surface area contributed by atoms with Crippen molar-refractivity contribution in [3.05, 3.63) is 98.9 Å². The quantitative estimate of drug-likeness (QED) is 0.153. The Morgan fingerprint density at radius 2 is 1.78 bits per heavy atom. The molecule has 1 N–H and O–H groups in total. The molecule has 1 aliphatic heterocycles. The van der Waals surface area contributed by atoms with Gasteiger partial charge >= 0.3 is 0 Å². The van der Waals surface area contributed by atoms with E-state index in [1.165, 1.54) is 18.6 Å². The van der Waals surface area contributed by atoms with Crippen LogP contribution in [0.3, 0.4) is 0 Å². The summed E-state index contributed by atoms with van der Waals surface area (Å²) in [5.74, 6) is 1.65. The fraction of sp³-hybridized carbons (Fsp3) is 0.344. The molecule has 2 fully saturated rings. The molecule has 1 saturated heterocycles. The van der Waals surface area contributed by atoms with Crippen LogP contribution < -0.4 is 14.8 Å². The van der Waals surface area contributed by atoms with Crippen molar-refractivity contribution in [3.63, 3.8) is 0 Å². The van der Waals surface area contributed by atoms with Gasteiger partial charge in [-0.15, -0.1) is 0 Å². The number of para-hydroxylation sites is 1. The Labute approximate surface area is 244 Å². The van der Waals surface area contributed by atoms with Crippen LogP contribution in [0.2, 0.25) is 0 Å². The highest BCUT2D eigenvalue weighted by Crippen LogP contribution is 2.42. The highest BCUT2D eigenvalue weighted by atomic mass is 32.2. The summed E-state index contributed by atoms with van der Waals surface area (Å²) in [4.78, 5) is 27.1.